The van der Waals surface area contributed by atoms with Gasteiger partial charge in [-0.1, -0.05) is 23.5 Å². The average Bonchev–Trinajstić information content (AvgIpc) is 3.20. The highest BCUT2D eigenvalue weighted by Crippen LogP contribution is 2.33. The third-order valence-corrected chi connectivity index (χ3v) is 4.80. The maximum atomic E-state index is 12.4. The predicted octanol–water partition coefficient (Wildman–Crippen LogP) is 3.65. The Labute approximate surface area is 145 Å². The largest absolute Gasteiger partial charge is 0.445 e. The van der Waals surface area contributed by atoms with Crippen LogP contribution in [0.5, 0.6) is 0 Å². The van der Waals surface area contributed by atoms with Crippen LogP contribution in [0.1, 0.15) is 45.8 Å². The Hall–Kier alpha value is -2.29. The van der Waals surface area contributed by atoms with Crippen LogP contribution in [0.25, 0.3) is 0 Å². The minimum absolute atomic E-state index is 0.0183. The number of amides is 1. The summed E-state index contributed by atoms with van der Waals surface area (Å²) in [5, 5.41) is 7.13. The lowest BCUT2D eigenvalue weighted by molar-refractivity contribution is -0.138. The highest BCUT2D eigenvalue weighted by molar-refractivity contribution is 7.15. The number of nitrogens with one attached hydrogen (secondary N) is 1. The number of nitrogens with zero attached hydrogens (tertiary/aromatic N) is 2. The summed E-state index contributed by atoms with van der Waals surface area (Å²) in [6, 6.07) is 5.56. The van der Waals surface area contributed by atoms with Gasteiger partial charge in [-0.3, -0.25) is 9.59 Å². The first-order valence-corrected chi connectivity index (χ1v) is 8.50. The van der Waals surface area contributed by atoms with Crippen molar-refractivity contribution in [3.63, 3.8) is 0 Å². The standard InChI is InChI=1S/C16H14F3N3O2S/c17-16(18,19)14-21-22-15(25-14)20-13(24)7-6-12(23)11-5-4-9-2-1-3-10(9)8-11/h4-5,8H,1-3,6-7H2,(H,20,22,24). The van der Waals surface area contributed by atoms with Crippen LogP contribution in [-0.4, -0.2) is 21.9 Å². The summed E-state index contributed by atoms with van der Waals surface area (Å²) in [7, 11) is 0. The molecule has 1 heterocycles. The van der Waals surface area contributed by atoms with E-state index in [0.717, 1.165) is 19.3 Å². The summed E-state index contributed by atoms with van der Waals surface area (Å²) in [5.41, 5.74) is 2.98. The Morgan fingerprint density at radius 3 is 2.60 bits per heavy atom. The van der Waals surface area contributed by atoms with Gasteiger partial charge in [0.2, 0.25) is 16.0 Å². The van der Waals surface area contributed by atoms with Gasteiger partial charge >= 0.3 is 6.18 Å². The zero-order chi connectivity index (χ0) is 18.0. The van der Waals surface area contributed by atoms with Crippen molar-refractivity contribution in [3.8, 4) is 0 Å². The van der Waals surface area contributed by atoms with Crippen LogP contribution in [0.4, 0.5) is 18.3 Å². The number of hydrogen-bond acceptors (Lipinski definition) is 5. The van der Waals surface area contributed by atoms with E-state index in [2.05, 4.69) is 15.5 Å². The molecule has 3 rings (SSSR count). The van der Waals surface area contributed by atoms with Gasteiger partial charge in [0.05, 0.1) is 0 Å². The van der Waals surface area contributed by atoms with Crippen molar-refractivity contribution in [2.75, 3.05) is 5.32 Å². The van der Waals surface area contributed by atoms with Gasteiger partial charge in [0, 0.05) is 18.4 Å². The number of aryl methyl sites for hydroxylation is 2. The van der Waals surface area contributed by atoms with E-state index in [-0.39, 0.29) is 35.1 Å². The topological polar surface area (TPSA) is 72.0 Å². The number of alkyl halides is 3. The second-order valence-electron chi connectivity index (χ2n) is 5.72. The number of rotatable bonds is 5. The van der Waals surface area contributed by atoms with E-state index < -0.39 is 17.1 Å². The van der Waals surface area contributed by atoms with Crippen LogP contribution in [0.2, 0.25) is 0 Å². The van der Waals surface area contributed by atoms with Gasteiger partial charge in [0.25, 0.3) is 0 Å². The van der Waals surface area contributed by atoms with Crippen molar-refractivity contribution >= 4 is 28.2 Å². The van der Waals surface area contributed by atoms with Crippen molar-refractivity contribution in [1.29, 1.82) is 0 Å². The predicted molar refractivity (Wildman–Crippen MR) is 85.6 cm³/mol. The van der Waals surface area contributed by atoms with Gasteiger partial charge in [-0.05, 0) is 36.5 Å². The van der Waals surface area contributed by atoms with Crippen LogP contribution in [0, 0.1) is 0 Å². The van der Waals surface area contributed by atoms with Crippen LogP contribution in [0.3, 0.4) is 0 Å². The lowest BCUT2D eigenvalue weighted by atomic mass is 10.0. The van der Waals surface area contributed by atoms with Gasteiger partial charge in [0.15, 0.2) is 5.78 Å². The molecule has 2 aromatic rings. The molecule has 1 aliphatic carbocycles. The summed E-state index contributed by atoms with van der Waals surface area (Å²) < 4.78 is 37.3. The fourth-order valence-corrected chi connectivity index (χ4v) is 3.31. The zero-order valence-electron chi connectivity index (χ0n) is 13.0. The van der Waals surface area contributed by atoms with Crippen molar-refractivity contribution in [1.82, 2.24) is 10.2 Å². The zero-order valence-corrected chi connectivity index (χ0v) is 13.8. The molecule has 9 heteroatoms. The second kappa shape index (κ2) is 6.91. The van der Waals surface area contributed by atoms with Crippen molar-refractivity contribution in [3.05, 3.63) is 39.9 Å². The molecule has 0 aliphatic heterocycles. The number of aromatic nitrogens is 2. The van der Waals surface area contributed by atoms with Crippen LogP contribution < -0.4 is 5.32 Å². The number of fused-ring (bicyclic) bond motifs is 1. The number of carbonyl (C=O) groups excluding carboxylic acids is 2. The molecule has 0 bridgehead atoms. The summed E-state index contributed by atoms with van der Waals surface area (Å²) in [6.45, 7) is 0. The Balaban J connectivity index is 1.53. The molecular formula is C16H14F3N3O2S. The Morgan fingerprint density at radius 2 is 1.88 bits per heavy atom. The quantitative estimate of drug-likeness (QED) is 0.817. The minimum atomic E-state index is -4.59. The van der Waals surface area contributed by atoms with Gasteiger partial charge in [-0.25, -0.2) is 0 Å². The smallest absolute Gasteiger partial charge is 0.301 e. The van der Waals surface area contributed by atoms with E-state index in [1.165, 1.54) is 11.1 Å². The molecule has 0 fully saturated rings. The molecule has 1 N–H and O–H groups in total. The lowest BCUT2D eigenvalue weighted by Gasteiger charge is -2.04. The first kappa shape index (κ1) is 17.5. The summed E-state index contributed by atoms with van der Waals surface area (Å²) >= 11 is 0.248. The fraction of sp³-hybridized carbons (Fsp3) is 0.375. The number of carbonyl (C=O) groups is 2. The normalized spacial score (nSPS) is 13.6. The number of benzene rings is 1. The van der Waals surface area contributed by atoms with Crippen molar-refractivity contribution in [2.24, 2.45) is 0 Å². The summed E-state index contributed by atoms with van der Waals surface area (Å²) in [6.07, 6.45) is -1.68. The van der Waals surface area contributed by atoms with Gasteiger partial charge < -0.3 is 5.32 Å². The summed E-state index contributed by atoms with van der Waals surface area (Å²) in [4.78, 5) is 24.0. The molecule has 0 saturated carbocycles. The Bertz CT molecular complexity index is 817. The van der Waals surface area contributed by atoms with E-state index in [4.69, 9.17) is 0 Å². The molecule has 1 aromatic heterocycles. The minimum Gasteiger partial charge on any atom is -0.301 e. The molecule has 1 amide bonds. The first-order valence-electron chi connectivity index (χ1n) is 7.68. The monoisotopic (exact) mass is 369 g/mol. The molecule has 132 valence electrons. The number of Topliss-reactive ketones (excluding diaryl/α,β-unsaturated/α-hetero) is 1. The number of ketones is 1. The number of halogens is 3. The molecule has 25 heavy (non-hydrogen) atoms. The van der Waals surface area contributed by atoms with E-state index in [0.29, 0.717) is 5.56 Å². The maximum absolute atomic E-state index is 12.4. The Morgan fingerprint density at radius 1 is 1.12 bits per heavy atom. The molecule has 5 nitrogen and oxygen atoms in total. The molecule has 0 spiro atoms. The Kier molecular flexibility index (Phi) is 4.85. The third kappa shape index (κ3) is 4.22. The van der Waals surface area contributed by atoms with E-state index in [9.17, 15) is 22.8 Å². The molecule has 0 unspecified atom stereocenters. The average molecular weight is 369 g/mol. The number of anilines is 1. The van der Waals surface area contributed by atoms with Gasteiger partial charge in [-0.15, -0.1) is 10.2 Å². The maximum Gasteiger partial charge on any atom is 0.445 e. The molecule has 1 aliphatic rings. The third-order valence-electron chi connectivity index (χ3n) is 3.91. The van der Waals surface area contributed by atoms with Crippen LogP contribution in [0.15, 0.2) is 18.2 Å². The van der Waals surface area contributed by atoms with Gasteiger partial charge in [-0.2, -0.15) is 13.2 Å². The van der Waals surface area contributed by atoms with Crippen molar-refractivity contribution < 1.29 is 22.8 Å². The number of hydrogen-bond donors (Lipinski definition) is 1. The molecular weight excluding hydrogens is 355 g/mol. The lowest BCUT2D eigenvalue weighted by Crippen LogP contribution is -2.13. The van der Waals surface area contributed by atoms with Gasteiger partial charge in [0.1, 0.15) is 0 Å². The highest BCUT2D eigenvalue weighted by Gasteiger charge is 2.35. The molecule has 0 saturated heterocycles. The SMILES string of the molecule is O=C(CCC(=O)c1ccc2c(c1)CCC2)Nc1nnc(C(F)(F)F)s1. The first-order chi connectivity index (χ1) is 11.8. The van der Waals surface area contributed by atoms with E-state index >= 15 is 0 Å². The van der Waals surface area contributed by atoms with Crippen LogP contribution >= 0.6 is 11.3 Å². The van der Waals surface area contributed by atoms with Crippen LogP contribution in [-0.2, 0) is 23.8 Å². The summed E-state index contributed by atoms with van der Waals surface area (Å²) in [5.74, 6) is -0.738. The highest BCUT2D eigenvalue weighted by atomic mass is 32.1. The second-order valence-corrected chi connectivity index (χ2v) is 6.70. The van der Waals surface area contributed by atoms with Crippen molar-refractivity contribution in [2.45, 2.75) is 38.3 Å². The van der Waals surface area contributed by atoms with E-state index in [1.807, 2.05) is 12.1 Å². The molecule has 1 aromatic carbocycles. The molecule has 0 atom stereocenters. The van der Waals surface area contributed by atoms with E-state index in [1.54, 1.807) is 6.07 Å². The molecule has 0 radical (unpaired) electrons. The fourth-order valence-electron chi connectivity index (χ4n) is 2.69.